The topological polar surface area (TPSA) is 12.0 Å². The molecule has 82 valence electrons. The predicted octanol–water partition coefficient (Wildman–Crippen LogP) is 3.34. The summed E-state index contributed by atoms with van der Waals surface area (Å²) in [5.74, 6) is 1.90. The number of nitrogens with one attached hydrogen (secondary N) is 1. The second-order valence-electron chi connectivity index (χ2n) is 5.97. The third kappa shape index (κ3) is 2.31. The third-order valence-corrected chi connectivity index (χ3v) is 4.30. The van der Waals surface area contributed by atoms with Gasteiger partial charge < -0.3 is 5.32 Å². The largest absolute Gasteiger partial charge is 0.309 e. The molecule has 0 heterocycles. The number of hydrogen-bond acceptors (Lipinski definition) is 1. The molecule has 0 aliphatic heterocycles. The van der Waals surface area contributed by atoms with Crippen molar-refractivity contribution in [1.82, 2.24) is 5.32 Å². The monoisotopic (exact) mass is 195 g/mol. The van der Waals surface area contributed by atoms with Crippen LogP contribution in [0.25, 0.3) is 0 Å². The molecule has 2 aliphatic carbocycles. The summed E-state index contributed by atoms with van der Waals surface area (Å²) in [6.45, 7) is 7.18. The van der Waals surface area contributed by atoms with E-state index in [1.807, 2.05) is 0 Å². The van der Waals surface area contributed by atoms with Gasteiger partial charge in [0.25, 0.3) is 0 Å². The minimum absolute atomic E-state index is 0.374. The molecule has 0 radical (unpaired) electrons. The van der Waals surface area contributed by atoms with Gasteiger partial charge in [0, 0.05) is 11.6 Å². The minimum Gasteiger partial charge on any atom is -0.309 e. The lowest BCUT2D eigenvalue weighted by Crippen LogP contribution is -2.50. The van der Waals surface area contributed by atoms with Crippen molar-refractivity contribution in [2.75, 3.05) is 0 Å². The minimum atomic E-state index is 0.374. The van der Waals surface area contributed by atoms with Gasteiger partial charge in [-0.05, 0) is 58.3 Å². The summed E-state index contributed by atoms with van der Waals surface area (Å²) in [5, 5.41) is 3.86. The summed E-state index contributed by atoms with van der Waals surface area (Å²) in [5.41, 5.74) is 0.374. The lowest BCUT2D eigenvalue weighted by Gasteiger charge is -2.36. The highest BCUT2D eigenvalue weighted by Crippen LogP contribution is 2.37. The van der Waals surface area contributed by atoms with Crippen LogP contribution in [0.15, 0.2) is 0 Å². The zero-order chi connectivity index (χ0) is 10.2. The van der Waals surface area contributed by atoms with Crippen molar-refractivity contribution >= 4 is 0 Å². The summed E-state index contributed by atoms with van der Waals surface area (Å²) < 4.78 is 0. The van der Waals surface area contributed by atoms with Gasteiger partial charge >= 0.3 is 0 Å². The lowest BCUT2D eigenvalue weighted by atomic mass is 9.85. The van der Waals surface area contributed by atoms with E-state index >= 15 is 0 Å². The zero-order valence-corrected chi connectivity index (χ0v) is 9.97. The molecular weight excluding hydrogens is 170 g/mol. The first-order valence-corrected chi connectivity index (χ1v) is 6.37. The second kappa shape index (κ2) is 3.84. The van der Waals surface area contributed by atoms with Crippen molar-refractivity contribution in [3.8, 4) is 0 Å². The maximum Gasteiger partial charge on any atom is 0.0155 e. The summed E-state index contributed by atoms with van der Waals surface area (Å²) in [7, 11) is 0. The van der Waals surface area contributed by atoms with E-state index < -0.39 is 0 Å². The van der Waals surface area contributed by atoms with Crippen LogP contribution in [0.3, 0.4) is 0 Å². The SMILES string of the molecule is CC(NC(C)(C)C1CCCC1)C1CC1. The Morgan fingerprint density at radius 2 is 1.64 bits per heavy atom. The van der Waals surface area contributed by atoms with E-state index in [9.17, 15) is 0 Å². The van der Waals surface area contributed by atoms with E-state index in [0.717, 1.165) is 17.9 Å². The van der Waals surface area contributed by atoms with Gasteiger partial charge in [-0.25, -0.2) is 0 Å². The van der Waals surface area contributed by atoms with Crippen LogP contribution in [0.1, 0.15) is 59.3 Å². The van der Waals surface area contributed by atoms with Crippen molar-refractivity contribution in [3.05, 3.63) is 0 Å². The standard InChI is InChI=1S/C13H25N/c1-10(11-8-9-11)14-13(2,3)12-6-4-5-7-12/h10-12,14H,4-9H2,1-3H3. The Labute approximate surface area is 88.7 Å². The smallest absolute Gasteiger partial charge is 0.0155 e. The van der Waals surface area contributed by atoms with Crippen LogP contribution in [0.4, 0.5) is 0 Å². The molecule has 0 aromatic rings. The molecule has 1 N–H and O–H groups in total. The van der Waals surface area contributed by atoms with Gasteiger partial charge in [-0.1, -0.05) is 12.8 Å². The van der Waals surface area contributed by atoms with Gasteiger partial charge in [-0.3, -0.25) is 0 Å². The molecule has 0 amide bonds. The van der Waals surface area contributed by atoms with Gasteiger partial charge in [0.15, 0.2) is 0 Å². The van der Waals surface area contributed by atoms with Gasteiger partial charge in [-0.15, -0.1) is 0 Å². The van der Waals surface area contributed by atoms with Crippen LogP contribution in [0.2, 0.25) is 0 Å². The van der Waals surface area contributed by atoms with Gasteiger partial charge in [-0.2, -0.15) is 0 Å². The molecule has 14 heavy (non-hydrogen) atoms. The second-order valence-corrected chi connectivity index (χ2v) is 5.97. The maximum absolute atomic E-state index is 3.86. The van der Waals surface area contributed by atoms with Crippen molar-refractivity contribution in [3.63, 3.8) is 0 Å². The Kier molecular flexibility index (Phi) is 2.88. The van der Waals surface area contributed by atoms with E-state index in [0.29, 0.717) is 5.54 Å². The molecule has 0 spiro atoms. The summed E-state index contributed by atoms with van der Waals surface area (Å²) in [4.78, 5) is 0. The number of rotatable bonds is 4. The normalized spacial score (nSPS) is 26.8. The van der Waals surface area contributed by atoms with Crippen LogP contribution in [-0.2, 0) is 0 Å². The molecule has 1 nitrogen and oxygen atoms in total. The predicted molar refractivity (Wildman–Crippen MR) is 61.4 cm³/mol. The fraction of sp³-hybridized carbons (Fsp3) is 1.00. The molecule has 2 rings (SSSR count). The van der Waals surface area contributed by atoms with Gasteiger partial charge in [0.1, 0.15) is 0 Å². The molecule has 0 aromatic heterocycles. The lowest BCUT2D eigenvalue weighted by molar-refractivity contribution is 0.225. The van der Waals surface area contributed by atoms with Gasteiger partial charge in [0.2, 0.25) is 0 Å². The Bertz CT molecular complexity index is 187. The van der Waals surface area contributed by atoms with Crippen molar-refractivity contribution < 1.29 is 0 Å². The van der Waals surface area contributed by atoms with Crippen LogP contribution in [-0.4, -0.2) is 11.6 Å². The zero-order valence-electron chi connectivity index (χ0n) is 9.97. The van der Waals surface area contributed by atoms with Gasteiger partial charge in [0.05, 0.1) is 0 Å². The third-order valence-electron chi connectivity index (χ3n) is 4.30. The first-order chi connectivity index (χ1) is 6.59. The Morgan fingerprint density at radius 1 is 1.07 bits per heavy atom. The van der Waals surface area contributed by atoms with E-state index in [1.165, 1.54) is 38.5 Å². The van der Waals surface area contributed by atoms with Crippen LogP contribution in [0.5, 0.6) is 0 Å². The Morgan fingerprint density at radius 3 is 2.14 bits per heavy atom. The molecule has 0 saturated heterocycles. The highest BCUT2D eigenvalue weighted by molar-refractivity contribution is 4.94. The molecule has 2 aliphatic rings. The Balaban J connectivity index is 1.86. The van der Waals surface area contributed by atoms with E-state index in [2.05, 4.69) is 26.1 Å². The summed E-state index contributed by atoms with van der Waals surface area (Å²) >= 11 is 0. The molecule has 1 unspecified atom stereocenters. The van der Waals surface area contributed by atoms with Crippen molar-refractivity contribution in [1.29, 1.82) is 0 Å². The number of hydrogen-bond donors (Lipinski definition) is 1. The van der Waals surface area contributed by atoms with Crippen LogP contribution < -0.4 is 5.32 Å². The first-order valence-electron chi connectivity index (χ1n) is 6.37. The van der Waals surface area contributed by atoms with E-state index in [-0.39, 0.29) is 0 Å². The molecule has 0 aromatic carbocycles. The highest BCUT2D eigenvalue weighted by atomic mass is 15.0. The highest BCUT2D eigenvalue weighted by Gasteiger charge is 2.36. The molecule has 1 heteroatoms. The molecule has 2 saturated carbocycles. The quantitative estimate of drug-likeness (QED) is 0.725. The average molecular weight is 195 g/mol. The summed E-state index contributed by atoms with van der Waals surface area (Å²) in [6.07, 6.45) is 8.69. The van der Waals surface area contributed by atoms with Crippen molar-refractivity contribution in [2.45, 2.75) is 70.9 Å². The van der Waals surface area contributed by atoms with E-state index in [1.54, 1.807) is 0 Å². The van der Waals surface area contributed by atoms with Crippen LogP contribution in [0, 0.1) is 11.8 Å². The van der Waals surface area contributed by atoms with E-state index in [4.69, 9.17) is 0 Å². The fourth-order valence-electron chi connectivity index (χ4n) is 3.07. The molecular formula is C13H25N. The fourth-order valence-corrected chi connectivity index (χ4v) is 3.07. The Hall–Kier alpha value is -0.0400. The first kappa shape index (κ1) is 10.5. The molecule has 1 atom stereocenters. The molecule has 0 bridgehead atoms. The maximum atomic E-state index is 3.86. The molecule has 2 fully saturated rings. The average Bonchev–Trinajstić information content (AvgIpc) is 2.80. The summed E-state index contributed by atoms with van der Waals surface area (Å²) in [6, 6.07) is 0.741. The van der Waals surface area contributed by atoms with Crippen molar-refractivity contribution in [2.24, 2.45) is 11.8 Å². The van der Waals surface area contributed by atoms with Crippen LogP contribution >= 0.6 is 0 Å².